The van der Waals surface area contributed by atoms with Crippen molar-refractivity contribution in [3.8, 4) is 11.5 Å². The molecular formula is C35H32N2O5S. The van der Waals surface area contributed by atoms with E-state index in [1.54, 1.807) is 25.5 Å². The zero-order chi connectivity index (χ0) is 30.2. The molecule has 0 fully saturated rings. The van der Waals surface area contributed by atoms with Gasteiger partial charge < -0.3 is 14.2 Å². The van der Waals surface area contributed by atoms with E-state index in [-0.39, 0.29) is 18.3 Å². The highest BCUT2D eigenvalue weighted by atomic mass is 32.1. The highest BCUT2D eigenvalue weighted by Crippen LogP contribution is 2.37. The highest BCUT2D eigenvalue weighted by Gasteiger charge is 2.34. The second-order valence-corrected chi connectivity index (χ2v) is 11.6. The third kappa shape index (κ3) is 5.12. The Balaban J connectivity index is 1.61. The molecule has 1 aliphatic heterocycles. The van der Waals surface area contributed by atoms with E-state index in [0.29, 0.717) is 37.7 Å². The van der Waals surface area contributed by atoms with Crippen molar-refractivity contribution in [1.82, 2.24) is 4.57 Å². The Morgan fingerprint density at radius 2 is 1.67 bits per heavy atom. The third-order valence-electron chi connectivity index (χ3n) is 7.47. The fraction of sp³-hybridized carbons (Fsp3) is 0.229. The summed E-state index contributed by atoms with van der Waals surface area (Å²) >= 11 is 1.31. The average molecular weight is 593 g/mol. The van der Waals surface area contributed by atoms with Crippen molar-refractivity contribution < 1.29 is 19.0 Å². The predicted octanol–water partition coefficient (Wildman–Crippen LogP) is 5.90. The Morgan fingerprint density at radius 1 is 1.00 bits per heavy atom. The minimum absolute atomic E-state index is 0.0557. The molecule has 218 valence electrons. The van der Waals surface area contributed by atoms with Gasteiger partial charge in [0.2, 0.25) is 0 Å². The number of nitrogens with zero attached hydrogens (tertiary/aromatic N) is 2. The van der Waals surface area contributed by atoms with Gasteiger partial charge in [-0.2, -0.15) is 0 Å². The predicted molar refractivity (Wildman–Crippen MR) is 171 cm³/mol. The SMILES string of the molecule is CCOC(=O)C1=C(C)N=c2s/c(=C\c3c4ccccc4cc4ccccc34)c(=O)n2[C@@H]1c1ccc(OC(C)C)c(OC)c1. The van der Waals surface area contributed by atoms with Crippen LogP contribution >= 0.6 is 11.3 Å². The van der Waals surface area contributed by atoms with Crippen LogP contribution in [-0.2, 0) is 9.53 Å². The zero-order valence-corrected chi connectivity index (χ0v) is 25.5. The Bertz CT molecular complexity index is 2050. The van der Waals surface area contributed by atoms with Crippen molar-refractivity contribution in [3.05, 3.63) is 115 Å². The number of allylic oxidation sites excluding steroid dienone is 1. The summed E-state index contributed by atoms with van der Waals surface area (Å²) < 4.78 is 19.2. The summed E-state index contributed by atoms with van der Waals surface area (Å²) in [6.07, 6.45) is 1.90. The summed E-state index contributed by atoms with van der Waals surface area (Å²) in [6.45, 7) is 7.62. The Labute approximate surface area is 253 Å². The van der Waals surface area contributed by atoms with Gasteiger partial charge in [-0.3, -0.25) is 9.36 Å². The van der Waals surface area contributed by atoms with Crippen molar-refractivity contribution in [2.75, 3.05) is 13.7 Å². The topological polar surface area (TPSA) is 79.1 Å². The van der Waals surface area contributed by atoms with Crippen LogP contribution in [0, 0.1) is 0 Å². The molecule has 0 unspecified atom stereocenters. The van der Waals surface area contributed by atoms with Crippen molar-refractivity contribution in [2.45, 2.75) is 39.8 Å². The van der Waals surface area contributed by atoms with E-state index in [4.69, 9.17) is 19.2 Å². The van der Waals surface area contributed by atoms with Crippen LogP contribution in [0.3, 0.4) is 0 Å². The smallest absolute Gasteiger partial charge is 0.338 e. The molecular weight excluding hydrogens is 560 g/mol. The van der Waals surface area contributed by atoms with Crippen LogP contribution < -0.4 is 24.4 Å². The number of benzene rings is 4. The maximum atomic E-state index is 14.3. The molecule has 0 N–H and O–H groups in total. The first-order valence-electron chi connectivity index (χ1n) is 14.3. The van der Waals surface area contributed by atoms with E-state index in [1.807, 2.05) is 62.4 Å². The van der Waals surface area contributed by atoms with Crippen LogP contribution in [0.4, 0.5) is 0 Å². The second kappa shape index (κ2) is 11.5. The van der Waals surface area contributed by atoms with Gasteiger partial charge in [-0.05, 0) is 84.6 Å². The highest BCUT2D eigenvalue weighted by molar-refractivity contribution is 7.07. The minimum atomic E-state index is -0.760. The maximum Gasteiger partial charge on any atom is 0.338 e. The maximum absolute atomic E-state index is 14.3. The number of carbonyl (C=O) groups excluding carboxylic acids is 1. The largest absolute Gasteiger partial charge is 0.493 e. The van der Waals surface area contributed by atoms with E-state index in [1.165, 1.54) is 11.3 Å². The van der Waals surface area contributed by atoms with Gasteiger partial charge in [-0.25, -0.2) is 9.79 Å². The monoisotopic (exact) mass is 592 g/mol. The van der Waals surface area contributed by atoms with E-state index in [9.17, 15) is 9.59 Å². The molecule has 0 aliphatic carbocycles. The van der Waals surface area contributed by atoms with Gasteiger partial charge in [-0.15, -0.1) is 0 Å². The van der Waals surface area contributed by atoms with Crippen LogP contribution in [0.2, 0.25) is 0 Å². The molecule has 6 rings (SSSR count). The molecule has 0 radical (unpaired) electrons. The van der Waals surface area contributed by atoms with E-state index >= 15 is 0 Å². The lowest BCUT2D eigenvalue weighted by Crippen LogP contribution is -2.40. The number of rotatable bonds is 7. The fourth-order valence-electron chi connectivity index (χ4n) is 5.65. The summed E-state index contributed by atoms with van der Waals surface area (Å²) in [5.74, 6) is 0.577. The normalized spacial score (nSPS) is 15.1. The van der Waals surface area contributed by atoms with Gasteiger partial charge in [0.05, 0.1) is 41.7 Å². The Kier molecular flexibility index (Phi) is 7.62. The third-order valence-corrected chi connectivity index (χ3v) is 8.45. The lowest BCUT2D eigenvalue weighted by Gasteiger charge is -2.25. The lowest BCUT2D eigenvalue weighted by atomic mass is 9.95. The van der Waals surface area contributed by atoms with Crippen LogP contribution in [0.15, 0.2) is 93.9 Å². The minimum Gasteiger partial charge on any atom is -0.493 e. The van der Waals surface area contributed by atoms with E-state index in [0.717, 1.165) is 27.1 Å². The van der Waals surface area contributed by atoms with Crippen molar-refractivity contribution in [2.24, 2.45) is 4.99 Å². The van der Waals surface area contributed by atoms with Gasteiger partial charge in [0.25, 0.3) is 5.56 Å². The van der Waals surface area contributed by atoms with Gasteiger partial charge in [0.15, 0.2) is 16.3 Å². The molecule has 1 aliphatic rings. The molecule has 43 heavy (non-hydrogen) atoms. The van der Waals surface area contributed by atoms with Crippen LogP contribution in [-0.4, -0.2) is 30.4 Å². The van der Waals surface area contributed by atoms with Crippen LogP contribution in [0.5, 0.6) is 11.5 Å². The molecule has 7 nitrogen and oxygen atoms in total. The number of fused-ring (bicyclic) bond motifs is 3. The Hall–Kier alpha value is -4.69. The first kappa shape index (κ1) is 28.4. The molecule has 0 saturated carbocycles. The van der Waals surface area contributed by atoms with Crippen molar-refractivity contribution >= 4 is 44.9 Å². The number of methoxy groups -OCH3 is 1. The molecule has 5 aromatic rings. The number of carbonyl (C=O) groups is 1. The molecule has 4 aromatic carbocycles. The standard InChI is InChI=1S/C35H32N2O5S/c1-6-41-34(39)31-21(4)36-35-37(32(31)24-15-16-28(42-20(2)3)29(18-24)40-5)33(38)30(43-35)19-27-25-13-9-7-11-22(25)17-23-12-8-10-14-26(23)27/h7-20,32H,6H2,1-5H3/b30-19-/t32-/m1/s1. The summed E-state index contributed by atoms with van der Waals surface area (Å²) in [6, 6.07) is 23.2. The quantitative estimate of drug-likeness (QED) is 0.174. The molecule has 0 amide bonds. The zero-order valence-electron chi connectivity index (χ0n) is 24.7. The van der Waals surface area contributed by atoms with Gasteiger partial charge in [0.1, 0.15) is 0 Å². The van der Waals surface area contributed by atoms with Crippen LogP contribution in [0.25, 0.3) is 27.6 Å². The lowest BCUT2D eigenvalue weighted by molar-refractivity contribution is -0.139. The van der Waals surface area contributed by atoms with Crippen LogP contribution in [0.1, 0.15) is 44.9 Å². The number of esters is 1. The summed E-state index contributed by atoms with van der Waals surface area (Å²) in [5.41, 5.74) is 2.24. The fourth-order valence-corrected chi connectivity index (χ4v) is 6.68. The number of thiazole rings is 1. The van der Waals surface area contributed by atoms with Crippen molar-refractivity contribution in [1.29, 1.82) is 0 Å². The average Bonchev–Trinajstić information content (AvgIpc) is 3.30. The van der Waals surface area contributed by atoms with Crippen molar-refractivity contribution in [3.63, 3.8) is 0 Å². The molecule has 8 heteroatoms. The van der Waals surface area contributed by atoms with E-state index in [2.05, 4.69) is 30.3 Å². The van der Waals surface area contributed by atoms with E-state index < -0.39 is 12.0 Å². The number of aromatic nitrogens is 1. The molecule has 1 aromatic heterocycles. The van der Waals surface area contributed by atoms with Gasteiger partial charge in [-0.1, -0.05) is 65.9 Å². The summed E-state index contributed by atoms with van der Waals surface area (Å²) in [7, 11) is 1.57. The Morgan fingerprint density at radius 3 is 2.30 bits per heavy atom. The molecule has 0 spiro atoms. The first-order valence-corrected chi connectivity index (χ1v) is 15.1. The van der Waals surface area contributed by atoms with Gasteiger partial charge >= 0.3 is 5.97 Å². The first-order chi connectivity index (χ1) is 20.8. The number of hydrogen-bond donors (Lipinski definition) is 0. The summed E-state index contributed by atoms with van der Waals surface area (Å²) in [4.78, 5) is 32.9. The summed E-state index contributed by atoms with van der Waals surface area (Å²) in [5, 5.41) is 4.29. The molecule has 1 atom stereocenters. The number of ether oxygens (including phenoxy) is 3. The second-order valence-electron chi connectivity index (χ2n) is 10.6. The van der Waals surface area contributed by atoms with Gasteiger partial charge in [0, 0.05) is 0 Å². The molecule has 2 heterocycles. The molecule has 0 saturated heterocycles. The number of hydrogen-bond acceptors (Lipinski definition) is 7. The molecule has 0 bridgehead atoms.